The largest absolute Gasteiger partial charge is 0.295 e. The molecule has 0 saturated heterocycles. The van der Waals surface area contributed by atoms with Crippen molar-refractivity contribution >= 4 is 22.4 Å². The molecule has 0 radical (unpaired) electrons. The van der Waals surface area contributed by atoms with Gasteiger partial charge in [0.15, 0.2) is 0 Å². The van der Waals surface area contributed by atoms with Gasteiger partial charge in [-0.15, -0.1) is 11.6 Å². The zero-order valence-corrected chi connectivity index (χ0v) is 12.5. The van der Waals surface area contributed by atoms with Crippen LogP contribution in [0.1, 0.15) is 25.8 Å². The van der Waals surface area contributed by atoms with E-state index in [1.54, 1.807) is 0 Å². The normalized spacial score (nSPS) is 13.1. The fourth-order valence-electron chi connectivity index (χ4n) is 2.47. The lowest BCUT2D eigenvalue weighted by atomic mass is 10.0. The van der Waals surface area contributed by atoms with Crippen LogP contribution in [0.4, 0.5) is 0 Å². The predicted molar refractivity (Wildman–Crippen MR) is 84.8 cm³/mol. The number of benzene rings is 2. The molecule has 0 aliphatic carbocycles. The van der Waals surface area contributed by atoms with Crippen LogP contribution in [-0.4, -0.2) is 23.4 Å². The molecule has 0 aliphatic heterocycles. The molecule has 0 fully saturated rings. The predicted octanol–water partition coefficient (Wildman–Crippen LogP) is 4.68. The number of rotatable bonds is 6. The van der Waals surface area contributed by atoms with Crippen LogP contribution in [0.25, 0.3) is 10.8 Å². The maximum atomic E-state index is 5.94. The second-order valence-corrected chi connectivity index (χ2v) is 5.43. The summed E-state index contributed by atoms with van der Waals surface area (Å²) in [5.41, 5.74) is 1.39. The van der Waals surface area contributed by atoms with Crippen LogP contribution in [0.5, 0.6) is 0 Å². The third-order valence-electron chi connectivity index (χ3n) is 3.84. The second kappa shape index (κ2) is 6.93. The lowest BCUT2D eigenvalue weighted by molar-refractivity contribution is 0.208. The van der Waals surface area contributed by atoms with Crippen molar-refractivity contribution in [3.63, 3.8) is 0 Å². The van der Waals surface area contributed by atoms with Crippen molar-refractivity contribution in [3.8, 4) is 0 Å². The van der Waals surface area contributed by atoms with Crippen LogP contribution >= 0.6 is 11.6 Å². The summed E-state index contributed by atoms with van der Waals surface area (Å²) in [7, 11) is 0. The number of halogens is 1. The summed E-state index contributed by atoms with van der Waals surface area (Å²) in [5.74, 6) is 0.690. The minimum atomic E-state index is 0.567. The molecule has 2 rings (SSSR count). The monoisotopic (exact) mass is 275 g/mol. The smallest absolute Gasteiger partial charge is 0.0351 e. The standard InChI is InChI=1S/C17H22ClN/c1-3-14(2)19(12-11-18)13-16-9-6-8-15-7-4-5-10-17(15)16/h4-10,14H,3,11-13H2,1-2H3/t14-/m1/s1. The Morgan fingerprint density at radius 2 is 1.84 bits per heavy atom. The first-order valence-corrected chi connectivity index (χ1v) is 7.56. The number of hydrogen-bond donors (Lipinski definition) is 0. The van der Waals surface area contributed by atoms with E-state index in [9.17, 15) is 0 Å². The van der Waals surface area contributed by atoms with E-state index in [-0.39, 0.29) is 0 Å². The fraction of sp³-hybridized carbons (Fsp3) is 0.412. The van der Waals surface area contributed by atoms with E-state index in [1.807, 2.05) is 0 Å². The minimum absolute atomic E-state index is 0.567. The van der Waals surface area contributed by atoms with Gasteiger partial charge in [-0.3, -0.25) is 4.90 Å². The molecular weight excluding hydrogens is 254 g/mol. The molecular formula is C17H22ClN. The highest BCUT2D eigenvalue weighted by Gasteiger charge is 2.13. The molecule has 0 bridgehead atoms. The molecule has 2 aromatic carbocycles. The van der Waals surface area contributed by atoms with E-state index < -0.39 is 0 Å². The molecule has 1 nitrogen and oxygen atoms in total. The molecule has 2 aromatic rings. The van der Waals surface area contributed by atoms with Crippen LogP contribution in [0.15, 0.2) is 42.5 Å². The van der Waals surface area contributed by atoms with Crippen molar-refractivity contribution in [3.05, 3.63) is 48.0 Å². The minimum Gasteiger partial charge on any atom is -0.295 e. The Morgan fingerprint density at radius 1 is 1.11 bits per heavy atom. The molecule has 0 N–H and O–H groups in total. The third-order valence-corrected chi connectivity index (χ3v) is 4.01. The van der Waals surface area contributed by atoms with E-state index in [0.29, 0.717) is 11.9 Å². The van der Waals surface area contributed by atoms with Gasteiger partial charge in [0.2, 0.25) is 0 Å². The Morgan fingerprint density at radius 3 is 2.58 bits per heavy atom. The summed E-state index contributed by atoms with van der Waals surface area (Å²) in [5, 5.41) is 2.67. The molecule has 0 amide bonds. The molecule has 0 unspecified atom stereocenters. The van der Waals surface area contributed by atoms with Gasteiger partial charge in [-0.25, -0.2) is 0 Å². The van der Waals surface area contributed by atoms with Crippen LogP contribution in [0, 0.1) is 0 Å². The van der Waals surface area contributed by atoms with Gasteiger partial charge in [-0.1, -0.05) is 49.4 Å². The number of fused-ring (bicyclic) bond motifs is 1. The van der Waals surface area contributed by atoms with Gasteiger partial charge in [0.25, 0.3) is 0 Å². The van der Waals surface area contributed by atoms with E-state index in [2.05, 4.69) is 61.2 Å². The van der Waals surface area contributed by atoms with Crippen molar-refractivity contribution in [1.82, 2.24) is 4.90 Å². The molecule has 0 saturated carbocycles. The van der Waals surface area contributed by atoms with Crippen molar-refractivity contribution in [2.24, 2.45) is 0 Å². The molecule has 0 spiro atoms. The summed E-state index contributed by atoms with van der Waals surface area (Å²) in [4.78, 5) is 2.47. The maximum absolute atomic E-state index is 5.94. The average molecular weight is 276 g/mol. The SMILES string of the molecule is CC[C@@H](C)N(CCCl)Cc1cccc2ccccc12. The number of alkyl halides is 1. The average Bonchev–Trinajstić information content (AvgIpc) is 2.46. The quantitative estimate of drug-likeness (QED) is 0.692. The van der Waals surface area contributed by atoms with Crippen LogP contribution in [-0.2, 0) is 6.54 Å². The zero-order chi connectivity index (χ0) is 13.7. The number of nitrogens with zero attached hydrogens (tertiary/aromatic N) is 1. The molecule has 19 heavy (non-hydrogen) atoms. The van der Waals surface area contributed by atoms with Crippen LogP contribution in [0.2, 0.25) is 0 Å². The first-order valence-electron chi connectivity index (χ1n) is 7.03. The summed E-state index contributed by atoms with van der Waals surface area (Å²) in [6.45, 7) is 6.43. The summed E-state index contributed by atoms with van der Waals surface area (Å²) in [6.07, 6.45) is 1.15. The van der Waals surface area contributed by atoms with E-state index in [0.717, 1.165) is 19.5 Å². The van der Waals surface area contributed by atoms with Crippen molar-refractivity contribution in [2.45, 2.75) is 32.9 Å². The van der Waals surface area contributed by atoms with E-state index in [1.165, 1.54) is 16.3 Å². The molecule has 0 aromatic heterocycles. The molecule has 0 aliphatic rings. The second-order valence-electron chi connectivity index (χ2n) is 5.06. The van der Waals surface area contributed by atoms with Gasteiger partial charge in [0, 0.05) is 25.0 Å². The van der Waals surface area contributed by atoms with Gasteiger partial charge >= 0.3 is 0 Å². The highest BCUT2D eigenvalue weighted by Crippen LogP contribution is 2.21. The van der Waals surface area contributed by atoms with Crippen LogP contribution in [0.3, 0.4) is 0 Å². The van der Waals surface area contributed by atoms with Gasteiger partial charge < -0.3 is 0 Å². The van der Waals surface area contributed by atoms with Crippen LogP contribution < -0.4 is 0 Å². The highest BCUT2D eigenvalue weighted by molar-refractivity contribution is 6.18. The summed E-state index contributed by atoms with van der Waals surface area (Å²) >= 11 is 5.94. The third kappa shape index (κ3) is 3.49. The van der Waals surface area contributed by atoms with Crippen molar-refractivity contribution in [1.29, 1.82) is 0 Å². The highest BCUT2D eigenvalue weighted by atomic mass is 35.5. The number of hydrogen-bond acceptors (Lipinski definition) is 1. The fourth-order valence-corrected chi connectivity index (χ4v) is 2.69. The molecule has 102 valence electrons. The maximum Gasteiger partial charge on any atom is 0.0351 e. The van der Waals surface area contributed by atoms with E-state index in [4.69, 9.17) is 11.6 Å². The lowest BCUT2D eigenvalue weighted by Gasteiger charge is -2.28. The van der Waals surface area contributed by atoms with Gasteiger partial charge in [-0.2, -0.15) is 0 Å². The summed E-state index contributed by atoms with van der Waals surface area (Å²) in [6, 6.07) is 15.7. The first kappa shape index (κ1) is 14.4. The Labute approximate surface area is 121 Å². The Hall–Kier alpha value is -1.05. The topological polar surface area (TPSA) is 3.24 Å². The summed E-state index contributed by atoms with van der Waals surface area (Å²) < 4.78 is 0. The molecule has 2 heteroatoms. The zero-order valence-electron chi connectivity index (χ0n) is 11.8. The molecule has 0 heterocycles. The Balaban J connectivity index is 2.28. The van der Waals surface area contributed by atoms with Gasteiger partial charge in [0.1, 0.15) is 0 Å². The van der Waals surface area contributed by atoms with Crippen molar-refractivity contribution in [2.75, 3.05) is 12.4 Å². The van der Waals surface area contributed by atoms with Gasteiger partial charge in [-0.05, 0) is 29.7 Å². The lowest BCUT2D eigenvalue weighted by Crippen LogP contribution is -2.33. The molecule has 1 atom stereocenters. The Kier molecular flexibility index (Phi) is 5.24. The Bertz CT molecular complexity index is 518. The first-order chi connectivity index (χ1) is 9.26. The van der Waals surface area contributed by atoms with Crippen molar-refractivity contribution < 1.29 is 0 Å². The van der Waals surface area contributed by atoms with Gasteiger partial charge in [0.05, 0.1) is 0 Å². The van der Waals surface area contributed by atoms with E-state index >= 15 is 0 Å².